The number of aliphatic carboxylic acids is 1. The first kappa shape index (κ1) is 28.2. The number of hydrogen-bond donors (Lipinski definition) is 1. The number of carboxylic acid groups (broad SMARTS) is 1. The first-order valence-corrected chi connectivity index (χ1v) is 11.6. The molecule has 1 saturated carbocycles. The summed E-state index contributed by atoms with van der Waals surface area (Å²) in [6.45, 7) is 2.64. The first-order chi connectivity index (χ1) is 17.5. The smallest absolute Gasteiger partial charge is 0.549 e. The SMILES string of the molecule is CNc1oc(C)nc1-c1ccc(-c2ccc(C3(C(=O)[O-])CC3)cc2)cc1.O=COCc1ccccc1.[Na+]. The van der Waals surface area contributed by atoms with Crippen molar-refractivity contribution in [3.05, 3.63) is 95.9 Å². The molecule has 8 heteroatoms. The number of aryl methyl sites for hydroxylation is 1. The predicted molar refractivity (Wildman–Crippen MR) is 135 cm³/mol. The van der Waals surface area contributed by atoms with E-state index >= 15 is 0 Å². The molecule has 1 aliphatic rings. The van der Waals surface area contributed by atoms with Crippen molar-refractivity contribution in [3.63, 3.8) is 0 Å². The fourth-order valence-electron chi connectivity index (χ4n) is 4.03. The van der Waals surface area contributed by atoms with Crippen LogP contribution < -0.4 is 40.0 Å². The molecule has 5 rings (SSSR count). The van der Waals surface area contributed by atoms with E-state index in [4.69, 9.17) is 4.42 Å². The van der Waals surface area contributed by atoms with E-state index in [-0.39, 0.29) is 29.6 Å². The van der Waals surface area contributed by atoms with Crippen LogP contribution in [0, 0.1) is 6.92 Å². The summed E-state index contributed by atoms with van der Waals surface area (Å²) in [5.41, 5.74) is 4.93. The molecule has 184 valence electrons. The number of carboxylic acids is 1. The molecule has 7 nitrogen and oxygen atoms in total. The molecule has 1 aliphatic carbocycles. The van der Waals surface area contributed by atoms with Crippen LogP contribution in [0.25, 0.3) is 22.4 Å². The Balaban J connectivity index is 0.000000293. The van der Waals surface area contributed by atoms with Gasteiger partial charge in [0.2, 0.25) is 5.88 Å². The van der Waals surface area contributed by atoms with Crippen molar-refractivity contribution >= 4 is 18.3 Å². The van der Waals surface area contributed by atoms with Gasteiger partial charge in [-0.3, -0.25) is 4.79 Å². The van der Waals surface area contributed by atoms with Gasteiger partial charge in [0.1, 0.15) is 12.3 Å². The Morgan fingerprint density at radius 2 is 1.57 bits per heavy atom. The second-order valence-electron chi connectivity index (χ2n) is 8.58. The van der Waals surface area contributed by atoms with Gasteiger partial charge in [0.15, 0.2) is 5.89 Å². The largest absolute Gasteiger partial charge is 1.00 e. The molecule has 0 bridgehead atoms. The van der Waals surface area contributed by atoms with E-state index in [0.717, 1.165) is 33.5 Å². The van der Waals surface area contributed by atoms with E-state index in [1.165, 1.54) is 0 Å². The maximum Gasteiger partial charge on any atom is 1.00 e. The summed E-state index contributed by atoms with van der Waals surface area (Å²) in [4.78, 5) is 25.5. The number of anilines is 1. The number of carbonyl (C=O) groups excluding carboxylic acids is 2. The van der Waals surface area contributed by atoms with Crippen molar-refractivity contribution in [1.82, 2.24) is 4.98 Å². The fourth-order valence-corrected chi connectivity index (χ4v) is 4.03. The number of nitrogens with zero attached hydrogens (tertiary/aromatic N) is 1. The number of carbonyl (C=O) groups is 2. The summed E-state index contributed by atoms with van der Waals surface area (Å²) in [6, 6.07) is 25.3. The van der Waals surface area contributed by atoms with Crippen molar-refractivity contribution in [2.24, 2.45) is 0 Å². The van der Waals surface area contributed by atoms with E-state index < -0.39 is 11.4 Å². The van der Waals surface area contributed by atoms with Gasteiger partial charge in [-0.25, -0.2) is 4.98 Å². The summed E-state index contributed by atoms with van der Waals surface area (Å²) in [6.07, 6.45) is 1.32. The van der Waals surface area contributed by atoms with E-state index in [1.807, 2.05) is 85.8 Å². The molecule has 3 aromatic carbocycles. The molecule has 37 heavy (non-hydrogen) atoms. The molecule has 0 spiro atoms. The predicted octanol–water partition coefficient (Wildman–Crippen LogP) is 1.50. The number of nitrogens with one attached hydrogen (secondary N) is 1. The molecule has 0 aliphatic heterocycles. The molecule has 1 heterocycles. The van der Waals surface area contributed by atoms with Gasteiger partial charge in [-0.2, -0.15) is 0 Å². The summed E-state index contributed by atoms with van der Waals surface area (Å²) in [7, 11) is 1.80. The van der Waals surface area contributed by atoms with Crippen molar-refractivity contribution in [1.29, 1.82) is 0 Å². The molecule has 0 saturated heterocycles. The van der Waals surface area contributed by atoms with Crippen molar-refractivity contribution in [2.45, 2.75) is 31.8 Å². The Hall–Kier alpha value is -3.39. The second-order valence-corrected chi connectivity index (χ2v) is 8.58. The molecule has 0 radical (unpaired) electrons. The number of ether oxygens (including phenoxy) is 1. The van der Waals surface area contributed by atoms with Gasteiger partial charge >= 0.3 is 29.6 Å². The third-order valence-electron chi connectivity index (χ3n) is 6.19. The van der Waals surface area contributed by atoms with Crippen LogP contribution in [0.15, 0.2) is 83.3 Å². The minimum atomic E-state index is -0.974. The zero-order chi connectivity index (χ0) is 25.5. The minimum Gasteiger partial charge on any atom is -0.549 e. The zero-order valence-corrected chi connectivity index (χ0v) is 23.2. The van der Waals surface area contributed by atoms with Crippen LogP contribution in [0.1, 0.15) is 29.9 Å². The van der Waals surface area contributed by atoms with Crippen LogP contribution in [0.5, 0.6) is 0 Å². The van der Waals surface area contributed by atoms with Gasteiger partial charge in [-0.1, -0.05) is 78.9 Å². The summed E-state index contributed by atoms with van der Waals surface area (Å²) < 4.78 is 10.1. The number of hydrogen-bond acceptors (Lipinski definition) is 7. The Kier molecular flexibility index (Phi) is 9.69. The number of aromatic nitrogens is 1. The van der Waals surface area contributed by atoms with E-state index in [9.17, 15) is 14.7 Å². The molecular formula is C29H27N2NaO5. The van der Waals surface area contributed by atoms with Gasteiger partial charge in [-0.05, 0) is 35.1 Å². The van der Waals surface area contributed by atoms with Crippen molar-refractivity contribution < 1.29 is 53.4 Å². The second kappa shape index (κ2) is 12.7. The maximum absolute atomic E-state index is 11.3. The van der Waals surface area contributed by atoms with E-state index in [0.29, 0.717) is 37.7 Å². The molecule has 1 aromatic heterocycles. The van der Waals surface area contributed by atoms with Crippen molar-refractivity contribution in [2.75, 3.05) is 12.4 Å². The van der Waals surface area contributed by atoms with Gasteiger partial charge in [0.05, 0.1) is 5.97 Å². The normalized spacial score (nSPS) is 12.8. The Labute approximate surface area is 238 Å². The average molecular weight is 507 g/mol. The molecular weight excluding hydrogens is 479 g/mol. The molecule has 0 atom stereocenters. The van der Waals surface area contributed by atoms with Crippen LogP contribution >= 0.6 is 0 Å². The monoisotopic (exact) mass is 506 g/mol. The summed E-state index contributed by atoms with van der Waals surface area (Å²) in [5, 5.41) is 14.3. The Morgan fingerprint density at radius 1 is 1.00 bits per heavy atom. The Morgan fingerprint density at radius 3 is 2.08 bits per heavy atom. The summed E-state index contributed by atoms with van der Waals surface area (Å²) in [5.74, 6) is 0.292. The van der Waals surface area contributed by atoms with Gasteiger partial charge in [0, 0.05) is 24.9 Å². The zero-order valence-electron chi connectivity index (χ0n) is 21.2. The van der Waals surface area contributed by atoms with Gasteiger partial charge in [-0.15, -0.1) is 0 Å². The van der Waals surface area contributed by atoms with Crippen LogP contribution in [-0.2, 0) is 26.3 Å². The van der Waals surface area contributed by atoms with Gasteiger partial charge < -0.3 is 24.4 Å². The number of rotatable bonds is 8. The van der Waals surface area contributed by atoms with E-state index in [2.05, 4.69) is 15.0 Å². The molecule has 0 unspecified atom stereocenters. The van der Waals surface area contributed by atoms with Crippen LogP contribution in [0.4, 0.5) is 5.88 Å². The van der Waals surface area contributed by atoms with Crippen LogP contribution in [0.3, 0.4) is 0 Å². The van der Waals surface area contributed by atoms with E-state index in [1.54, 1.807) is 7.05 Å². The fraction of sp³-hybridized carbons (Fsp3) is 0.207. The summed E-state index contributed by atoms with van der Waals surface area (Å²) >= 11 is 0. The molecule has 1 N–H and O–H groups in total. The van der Waals surface area contributed by atoms with Crippen LogP contribution in [0.2, 0.25) is 0 Å². The number of oxazole rings is 1. The van der Waals surface area contributed by atoms with Crippen molar-refractivity contribution in [3.8, 4) is 22.4 Å². The Bertz CT molecular complexity index is 1310. The maximum atomic E-state index is 11.3. The topological polar surface area (TPSA) is 104 Å². The first-order valence-electron chi connectivity index (χ1n) is 11.6. The third-order valence-corrected chi connectivity index (χ3v) is 6.19. The quantitative estimate of drug-likeness (QED) is 0.285. The molecule has 1 fully saturated rings. The van der Waals surface area contributed by atoms with Crippen LogP contribution in [-0.4, -0.2) is 24.5 Å². The standard InChI is InChI=1S/C21H20N2O3.C8H8O2.Na/c1-13-23-18(19(22-2)26-13)16-5-3-14(4-6-16)15-7-9-17(10-8-15)21(11-12-21)20(24)25;9-7-10-6-8-4-2-1-3-5-8;/h3-10,22H,11-12H2,1-2H3,(H,24,25);1-5,7H,6H2;/q;;+1/p-1. The molecule has 0 amide bonds. The number of benzene rings is 3. The average Bonchev–Trinajstić information content (AvgIpc) is 3.65. The minimum absolute atomic E-state index is 0. The molecule has 4 aromatic rings. The third kappa shape index (κ3) is 6.68. The van der Waals surface area contributed by atoms with Gasteiger partial charge in [0.25, 0.3) is 6.47 Å².